The van der Waals surface area contributed by atoms with E-state index in [0.717, 1.165) is 23.9 Å². The highest BCUT2D eigenvalue weighted by Gasteiger charge is 2.32. The molecule has 0 saturated heterocycles. The van der Waals surface area contributed by atoms with Gasteiger partial charge in [0, 0.05) is 4.90 Å². The highest BCUT2D eigenvalue weighted by Crippen LogP contribution is 2.35. The van der Waals surface area contributed by atoms with Crippen LogP contribution in [0.25, 0.3) is 0 Å². The second kappa shape index (κ2) is 5.20. The first-order valence-electron chi connectivity index (χ1n) is 5.32. The molecular formula is C12H8F3NO3S. The Hall–Kier alpha value is -1.96. The minimum absolute atomic E-state index is 0.132. The Bertz CT molecular complexity index is 652. The molecule has 0 amide bonds. The molecule has 20 heavy (non-hydrogen) atoms. The molecule has 8 heteroatoms. The number of carboxylic acids is 1. The fourth-order valence-electron chi connectivity index (χ4n) is 1.44. The van der Waals surface area contributed by atoms with Crippen LogP contribution in [-0.4, -0.2) is 16.1 Å². The first-order chi connectivity index (χ1) is 9.27. The smallest absolute Gasteiger partial charge is 0.416 e. The van der Waals surface area contributed by atoms with Crippen LogP contribution in [0.3, 0.4) is 0 Å². The van der Waals surface area contributed by atoms with Gasteiger partial charge in [-0.15, -0.1) is 0 Å². The van der Waals surface area contributed by atoms with Crippen LogP contribution in [0, 0.1) is 6.92 Å². The van der Waals surface area contributed by atoms with Crippen molar-refractivity contribution < 1.29 is 27.5 Å². The van der Waals surface area contributed by atoms with Gasteiger partial charge in [-0.25, -0.2) is 9.78 Å². The van der Waals surface area contributed by atoms with E-state index in [2.05, 4.69) is 4.98 Å². The number of aromatic carboxylic acids is 1. The van der Waals surface area contributed by atoms with Gasteiger partial charge in [-0.2, -0.15) is 13.2 Å². The van der Waals surface area contributed by atoms with Crippen molar-refractivity contribution >= 4 is 17.7 Å². The van der Waals surface area contributed by atoms with Crippen LogP contribution in [0.4, 0.5) is 13.2 Å². The Labute approximate surface area is 115 Å². The molecule has 0 fully saturated rings. The Kier molecular flexibility index (Phi) is 3.76. The number of oxazole rings is 1. The van der Waals surface area contributed by atoms with E-state index in [0.29, 0.717) is 11.8 Å². The SMILES string of the molecule is Cc1coc(Sc2ccc(C(F)(F)F)cc2C(=O)O)n1. The molecule has 106 valence electrons. The van der Waals surface area contributed by atoms with Crippen molar-refractivity contribution in [3.05, 3.63) is 41.3 Å². The fourth-order valence-corrected chi connectivity index (χ4v) is 2.30. The molecule has 0 radical (unpaired) electrons. The zero-order valence-electron chi connectivity index (χ0n) is 10.1. The topological polar surface area (TPSA) is 63.3 Å². The van der Waals surface area contributed by atoms with E-state index in [1.807, 2.05) is 0 Å². The van der Waals surface area contributed by atoms with Crippen molar-refractivity contribution in [1.82, 2.24) is 4.98 Å². The lowest BCUT2D eigenvalue weighted by Crippen LogP contribution is -2.08. The Morgan fingerprint density at radius 2 is 2.10 bits per heavy atom. The van der Waals surface area contributed by atoms with Gasteiger partial charge in [0.05, 0.1) is 16.8 Å². The Morgan fingerprint density at radius 1 is 1.40 bits per heavy atom. The average molecular weight is 303 g/mol. The van der Waals surface area contributed by atoms with Gasteiger partial charge in [-0.05, 0) is 36.9 Å². The van der Waals surface area contributed by atoms with Gasteiger partial charge >= 0.3 is 12.1 Å². The first-order valence-corrected chi connectivity index (χ1v) is 6.13. The molecule has 1 aromatic carbocycles. The van der Waals surface area contributed by atoms with Crippen LogP contribution >= 0.6 is 11.8 Å². The minimum atomic E-state index is -4.59. The van der Waals surface area contributed by atoms with Crippen molar-refractivity contribution in [2.75, 3.05) is 0 Å². The van der Waals surface area contributed by atoms with Crippen LogP contribution in [-0.2, 0) is 6.18 Å². The van der Waals surface area contributed by atoms with Crippen molar-refractivity contribution in [3.63, 3.8) is 0 Å². The quantitative estimate of drug-likeness (QED) is 0.933. The lowest BCUT2D eigenvalue weighted by Gasteiger charge is -2.09. The summed E-state index contributed by atoms with van der Waals surface area (Å²) in [6, 6.07) is 2.52. The molecule has 0 saturated carbocycles. The summed E-state index contributed by atoms with van der Waals surface area (Å²) in [5, 5.41) is 9.18. The number of hydrogen-bond donors (Lipinski definition) is 1. The summed E-state index contributed by atoms with van der Waals surface area (Å²) in [6.45, 7) is 1.68. The van der Waals surface area contributed by atoms with Gasteiger partial charge in [-0.1, -0.05) is 0 Å². The zero-order chi connectivity index (χ0) is 14.9. The third-order valence-corrected chi connectivity index (χ3v) is 3.27. The van der Waals surface area contributed by atoms with Crippen molar-refractivity contribution in [2.24, 2.45) is 0 Å². The molecule has 2 aromatic rings. The molecule has 0 aliphatic heterocycles. The van der Waals surface area contributed by atoms with Gasteiger partial charge < -0.3 is 9.52 Å². The fraction of sp³-hybridized carbons (Fsp3) is 0.167. The maximum Gasteiger partial charge on any atom is 0.416 e. The third-order valence-electron chi connectivity index (χ3n) is 2.33. The van der Waals surface area contributed by atoms with E-state index in [1.165, 1.54) is 6.26 Å². The van der Waals surface area contributed by atoms with Gasteiger partial charge in [-0.3, -0.25) is 0 Å². The van der Waals surface area contributed by atoms with Gasteiger partial charge in [0.25, 0.3) is 5.22 Å². The van der Waals surface area contributed by atoms with Gasteiger partial charge in [0.2, 0.25) is 0 Å². The first kappa shape index (κ1) is 14.4. The predicted octanol–water partition coefficient (Wildman–Crippen LogP) is 3.85. The van der Waals surface area contributed by atoms with E-state index in [-0.39, 0.29) is 10.1 Å². The lowest BCUT2D eigenvalue weighted by atomic mass is 10.1. The zero-order valence-corrected chi connectivity index (χ0v) is 10.9. The van der Waals surface area contributed by atoms with Crippen LogP contribution in [0.2, 0.25) is 0 Å². The largest absolute Gasteiger partial charge is 0.478 e. The van der Waals surface area contributed by atoms with E-state index < -0.39 is 23.3 Å². The highest BCUT2D eigenvalue weighted by atomic mass is 32.2. The predicted molar refractivity (Wildman–Crippen MR) is 63.8 cm³/mol. The number of nitrogens with zero attached hydrogens (tertiary/aromatic N) is 1. The standard InChI is InChI=1S/C12H8F3NO3S/c1-6-5-19-11(16-6)20-9-3-2-7(12(13,14)15)4-8(9)10(17)18/h2-5H,1H3,(H,17,18). The van der Waals surface area contributed by atoms with Crippen LogP contribution in [0.15, 0.2) is 39.0 Å². The molecule has 0 bridgehead atoms. The summed E-state index contributed by atoms with van der Waals surface area (Å²) in [5.74, 6) is -1.44. The van der Waals surface area contributed by atoms with Gasteiger partial charge in [0.1, 0.15) is 6.26 Å². The maximum absolute atomic E-state index is 12.6. The average Bonchev–Trinajstić information content (AvgIpc) is 2.73. The minimum Gasteiger partial charge on any atom is -0.478 e. The molecule has 0 atom stereocenters. The number of rotatable bonds is 3. The number of aromatic nitrogens is 1. The maximum atomic E-state index is 12.6. The normalized spacial score (nSPS) is 11.6. The summed E-state index contributed by atoms with van der Waals surface area (Å²) in [4.78, 5) is 15.2. The number of hydrogen-bond acceptors (Lipinski definition) is 4. The molecular weight excluding hydrogens is 295 g/mol. The number of alkyl halides is 3. The van der Waals surface area contributed by atoms with E-state index >= 15 is 0 Å². The Balaban J connectivity index is 2.40. The highest BCUT2D eigenvalue weighted by molar-refractivity contribution is 7.99. The van der Waals surface area contributed by atoms with E-state index in [9.17, 15) is 18.0 Å². The summed E-state index contributed by atoms with van der Waals surface area (Å²) in [7, 11) is 0. The van der Waals surface area contributed by atoms with Crippen molar-refractivity contribution in [3.8, 4) is 0 Å². The van der Waals surface area contributed by atoms with Crippen LogP contribution < -0.4 is 0 Å². The molecule has 0 spiro atoms. The monoisotopic (exact) mass is 303 g/mol. The van der Waals surface area contributed by atoms with Crippen LogP contribution in [0.5, 0.6) is 0 Å². The molecule has 1 heterocycles. The molecule has 1 N–H and O–H groups in total. The summed E-state index contributed by atoms with van der Waals surface area (Å²) in [5.41, 5.74) is -0.861. The number of aryl methyl sites for hydroxylation is 1. The molecule has 0 aliphatic rings. The number of halogens is 3. The number of carbonyl (C=O) groups is 1. The van der Waals surface area contributed by atoms with Crippen LogP contribution in [0.1, 0.15) is 21.6 Å². The molecule has 0 aliphatic carbocycles. The second-order valence-corrected chi connectivity index (χ2v) is 4.86. The summed E-state index contributed by atoms with van der Waals surface area (Å²) in [6.07, 6.45) is -3.22. The molecule has 2 rings (SSSR count). The van der Waals surface area contributed by atoms with Crippen molar-refractivity contribution in [1.29, 1.82) is 0 Å². The van der Waals surface area contributed by atoms with Gasteiger partial charge in [0.15, 0.2) is 0 Å². The summed E-state index contributed by atoms with van der Waals surface area (Å²) < 4.78 is 42.7. The summed E-state index contributed by atoms with van der Waals surface area (Å²) >= 11 is 0.857. The number of carboxylic acid groups (broad SMARTS) is 1. The van der Waals surface area contributed by atoms with Crippen molar-refractivity contribution in [2.45, 2.75) is 23.2 Å². The lowest BCUT2D eigenvalue weighted by molar-refractivity contribution is -0.137. The van der Waals surface area contributed by atoms with E-state index in [4.69, 9.17) is 9.52 Å². The second-order valence-electron chi connectivity index (χ2n) is 3.87. The number of benzene rings is 1. The third kappa shape index (κ3) is 3.13. The molecule has 0 unspecified atom stereocenters. The molecule has 4 nitrogen and oxygen atoms in total. The van der Waals surface area contributed by atoms with E-state index in [1.54, 1.807) is 6.92 Å². The Morgan fingerprint density at radius 3 is 2.60 bits per heavy atom. The molecule has 1 aromatic heterocycles.